The quantitative estimate of drug-likeness (QED) is 0.732. The summed E-state index contributed by atoms with van der Waals surface area (Å²) in [6.45, 7) is 9.69. The molecule has 7 heteroatoms. The van der Waals surface area contributed by atoms with E-state index in [2.05, 4.69) is 9.80 Å². The van der Waals surface area contributed by atoms with Gasteiger partial charge in [0.25, 0.3) is 0 Å². The second-order valence-corrected chi connectivity index (χ2v) is 8.69. The molecule has 2 aliphatic rings. The lowest BCUT2D eigenvalue weighted by molar-refractivity contribution is 0.0138. The van der Waals surface area contributed by atoms with Gasteiger partial charge in [0, 0.05) is 38.5 Å². The van der Waals surface area contributed by atoms with E-state index >= 15 is 0 Å². The molecule has 0 bridgehead atoms. The first-order valence-corrected chi connectivity index (χ1v) is 9.25. The number of ether oxygens (including phenoxy) is 1. The van der Waals surface area contributed by atoms with Crippen LogP contribution in [0, 0.1) is 0 Å². The molecule has 2 aliphatic heterocycles. The number of thioether (sulfide) groups is 1. The first-order valence-electron chi connectivity index (χ1n) is 7.86. The van der Waals surface area contributed by atoms with Crippen molar-refractivity contribution in [1.82, 2.24) is 14.7 Å². The third kappa shape index (κ3) is 4.99. The normalized spacial score (nSPS) is 21.3. The summed E-state index contributed by atoms with van der Waals surface area (Å²) in [5, 5.41) is 0. The lowest BCUT2D eigenvalue weighted by Gasteiger charge is -2.38. The molecule has 0 aromatic heterocycles. The molecule has 2 saturated heterocycles. The van der Waals surface area contributed by atoms with Crippen molar-refractivity contribution >= 4 is 34.4 Å². The highest BCUT2D eigenvalue weighted by atomic mass is 32.2. The summed E-state index contributed by atoms with van der Waals surface area (Å²) < 4.78 is 6.47. The number of carbonyl (C=O) groups is 1. The van der Waals surface area contributed by atoms with E-state index in [4.69, 9.17) is 17.0 Å². The SMILES string of the molecule is CN(C(=O)OC(C)(C)C)C1CCN(CN2CCSC2=S)CC1. The van der Waals surface area contributed by atoms with E-state index in [1.54, 1.807) is 16.7 Å². The van der Waals surface area contributed by atoms with Gasteiger partial charge >= 0.3 is 6.09 Å². The molecule has 2 heterocycles. The van der Waals surface area contributed by atoms with Crippen molar-refractivity contribution in [3.8, 4) is 0 Å². The topological polar surface area (TPSA) is 36.0 Å². The van der Waals surface area contributed by atoms with E-state index in [1.165, 1.54) is 0 Å². The van der Waals surface area contributed by atoms with Gasteiger partial charge in [-0.3, -0.25) is 4.90 Å². The van der Waals surface area contributed by atoms with Crippen LogP contribution < -0.4 is 0 Å². The summed E-state index contributed by atoms with van der Waals surface area (Å²) in [6.07, 6.45) is 1.76. The van der Waals surface area contributed by atoms with Crippen LogP contribution in [0.3, 0.4) is 0 Å². The van der Waals surface area contributed by atoms with Crippen molar-refractivity contribution in [1.29, 1.82) is 0 Å². The highest BCUT2D eigenvalue weighted by Gasteiger charge is 2.29. The lowest BCUT2D eigenvalue weighted by atomic mass is 10.0. The Hall–Kier alpha value is -0.530. The first-order chi connectivity index (χ1) is 10.3. The third-order valence-electron chi connectivity index (χ3n) is 4.00. The summed E-state index contributed by atoms with van der Waals surface area (Å²) in [5.74, 6) is 1.11. The second-order valence-electron chi connectivity index (χ2n) is 6.96. The molecule has 0 radical (unpaired) electrons. The molecule has 2 rings (SSSR count). The fourth-order valence-corrected chi connectivity index (χ4v) is 3.94. The van der Waals surface area contributed by atoms with Gasteiger partial charge in [0.05, 0.1) is 6.67 Å². The fraction of sp³-hybridized carbons (Fsp3) is 0.867. The predicted octanol–water partition coefficient (Wildman–Crippen LogP) is 2.61. The largest absolute Gasteiger partial charge is 0.444 e. The minimum Gasteiger partial charge on any atom is -0.444 e. The molecule has 0 aromatic carbocycles. The molecule has 2 fully saturated rings. The molecule has 126 valence electrons. The van der Waals surface area contributed by atoms with Gasteiger partial charge in [-0.25, -0.2) is 4.79 Å². The molecule has 0 spiro atoms. The van der Waals surface area contributed by atoms with Crippen molar-refractivity contribution in [2.24, 2.45) is 0 Å². The molecule has 0 aromatic rings. The molecule has 22 heavy (non-hydrogen) atoms. The summed E-state index contributed by atoms with van der Waals surface area (Å²) in [6, 6.07) is 0.269. The number of carbonyl (C=O) groups excluding carboxylic acids is 1. The zero-order valence-electron chi connectivity index (χ0n) is 14.0. The van der Waals surface area contributed by atoms with E-state index in [0.29, 0.717) is 0 Å². The minimum atomic E-state index is -0.435. The summed E-state index contributed by atoms with van der Waals surface area (Å²) in [5.41, 5.74) is -0.435. The molecule has 0 aliphatic carbocycles. The highest BCUT2D eigenvalue weighted by molar-refractivity contribution is 8.23. The Balaban J connectivity index is 1.76. The number of piperidine rings is 1. The molecular formula is C15H27N3O2S2. The van der Waals surface area contributed by atoms with Crippen molar-refractivity contribution in [3.63, 3.8) is 0 Å². The molecule has 0 atom stereocenters. The minimum absolute atomic E-state index is 0.219. The maximum atomic E-state index is 12.1. The Morgan fingerprint density at radius 3 is 2.50 bits per heavy atom. The van der Waals surface area contributed by atoms with Gasteiger partial charge in [-0.1, -0.05) is 24.0 Å². The molecule has 5 nitrogen and oxygen atoms in total. The zero-order chi connectivity index (χ0) is 16.3. The molecule has 1 amide bonds. The Morgan fingerprint density at radius 1 is 1.36 bits per heavy atom. The van der Waals surface area contributed by atoms with Gasteiger partial charge in [0.1, 0.15) is 9.92 Å². The standard InChI is InChI=1S/C15H27N3O2S2/c1-15(2,3)20-13(19)16(4)12-5-7-17(8-6-12)11-18-9-10-22-14(18)21/h12H,5-11H2,1-4H3. The molecule has 0 N–H and O–H groups in total. The number of thiocarbonyl (C=S) groups is 1. The Morgan fingerprint density at radius 2 is 2.00 bits per heavy atom. The number of rotatable bonds is 3. The van der Waals surface area contributed by atoms with Crippen LogP contribution in [0.2, 0.25) is 0 Å². The van der Waals surface area contributed by atoms with E-state index in [-0.39, 0.29) is 12.1 Å². The van der Waals surface area contributed by atoms with Crippen LogP contribution in [0.1, 0.15) is 33.6 Å². The van der Waals surface area contributed by atoms with Gasteiger partial charge in [0.15, 0.2) is 0 Å². The molecule has 0 unspecified atom stereocenters. The van der Waals surface area contributed by atoms with Crippen LogP contribution in [0.5, 0.6) is 0 Å². The Labute approximate surface area is 143 Å². The number of likely N-dealkylation sites (tertiary alicyclic amines) is 1. The van der Waals surface area contributed by atoms with E-state index in [9.17, 15) is 4.79 Å². The average molecular weight is 346 g/mol. The maximum absolute atomic E-state index is 12.1. The van der Waals surface area contributed by atoms with Gasteiger partial charge in [-0.2, -0.15) is 0 Å². The first kappa shape index (κ1) is 17.8. The van der Waals surface area contributed by atoms with Crippen LogP contribution >= 0.6 is 24.0 Å². The zero-order valence-corrected chi connectivity index (χ0v) is 15.6. The van der Waals surface area contributed by atoms with Crippen molar-refractivity contribution in [3.05, 3.63) is 0 Å². The number of hydrogen-bond donors (Lipinski definition) is 0. The van der Waals surface area contributed by atoms with Crippen LogP contribution in [0.15, 0.2) is 0 Å². The lowest BCUT2D eigenvalue weighted by Crippen LogP contribution is -2.49. The van der Waals surface area contributed by atoms with Gasteiger partial charge < -0.3 is 14.5 Å². The molecular weight excluding hydrogens is 318 g/mol. The highest BCUT2D eigenvalue weighted by Crippen LogP contribution is 2.21. The Bertz CT molecular complexity index is 418. The van der Waals surface area contributed by atoms with E-state index in [0.717, 1.165) is 49.2 Å². The number of hydrogen-bond acceptors (Lipinski definition) is 5. The average Bonchev–Trinajstić information content (AvgIpc) is 2.82. The van der Waals surface area contributed by atoms with Crippen molar-refractivity contribution in [2.75, 3.05) is 39.1 Å². The van der Waals surface area contributed by atoms with Crippen molar-refractivity contribution in [2.45, 2.75) is 45.3 Å². The van der Waals surface area contributed by atoms with Gasteiger partial charge in [-0.15, -0.1) is 0 Å². The predicted molar refractivity (Wildman–Crippen MR) is 95.2 cm³/mol. The summed E-state index contributed by atoms with van der Waals surface area (Å²) in [7, 11) is 1.85. The smallest absolute Gasteiger partial charge is 0.410 e. The summed E-state index contributed by atoms with van der Waals surface area (Å²) in [4.78, 5) is 18.6. The summed E-state index contributed by atoms with van der Waals surface area (Å²) >= 11 is 7.12. The van der Waals surface area contributed by atoms with Crippen LogP contribution in [0.25, 0.3) is 0 Å². The molecule has 0 saturated carbocycles. The van der Waals surface area contributed by atoms with Crippen LogP contribution in [0.4, 0.5) is 4.79 Å². The fourth-order valence-electron chi connectivity index (χ4n) is 2.73. The Kier molecular flexibility index (Phi) is 5.96. The third-order valence-corrected chi connectivity index (χ3v) is 5.51. The van der Waals surface area contributed by atoms with Gasteiger partial charge in [-0.05, 0) is 33.6 Å². The van der Waals surface area contributed by atoms with Crippen molar-refractivity contribution < 1.29 is 9.53 Å². The monoisotopic (exact) mass is 345 g/mol. The van der Waals surface area contributed by atoms with Crippen LogP contribution in [-0.2, 0) is 4.74 Å². The maximum Gasteiger partial charge on any atom is 0.410 e. The number of nitrogens with zero attached hydrogens (tertiary/aromatic N) is 3. The van der Waals surface area contributed by atoms with Crippen LogP contribution in [-0.4, -0.2) is 75.9 Å². The van der Waals surface area contributed by atoms with Gasteiger partial charge in [0.2, 0.25) is 0 Å². The van der Waals surface area contributed by atoms with E-state index in [1.807, 2.05) is 27.8 Å². The van der Waals surface area contributed by atoms with E-state index < -0.39 is 5.60 Å². The second kappa shape index (κ2) is 7.36. The number of amides is 1.